The molecule has 68 valence electrons. The van der Waals surface area contributed by atoms with E-state index in [9.17, 15) is 0 Å². The molecule has 0 bridgehead atoms. The summed E-state index contributed by atoms with van der Waals surface area (Å²) in [5.41, 5.74) is 5.57. The summed E-state index contributed by atoms with van der Waals surface area (Å²) in [4.78, 5) is 2.35. The molecule has 0 aromatic carbocycles. The van der Waals surface area contributed by atoms with Gasteiger partial charge in [0.05, 0.1) is 0 Å². The number of hydrogen-bond donors (Lipinski definition) is 1. The lowest BCUT2D eigenvalue weighted by molar-refractivity contribution is 0.190. The highest BCUT2D eigenvalue weighted by Crippen LogP contribution is 2.06. The Labute approximate surface area is 70.8 Å². The van der Waals surface area contributed by atoms with Gasteiger partial charge in [-0.1, -0.05) is 13.3 Å². The molecule has 0 aliphatic heterocycles. The van der Waals surface area contributed by atoms with Crippen LogP contribution in [0.2, 0.25) is 0 Å². The minimum atomic E-state index is 0.511. The van der Waals surface area contributed by atoms with Crippen molar-refractivity contribution in [2.75, 3.05) is 13.6 Å². The van der Waals surface area contributed by atoms with Crippen LogP contribution in [-0.2, 0) is 0 Å². The van der Waals surface area contributed by atoms with Gasteiger partial charge in [-0.15, -0.1) is 0 Å². The maximum absolute atomic E-state index is 5.57. The first-order valence-corrected chi connectivity index (χ1v) is 4.55. The van der Waals surface area contributed by atoms with Crippen molar-refractivity contribution in [2.24, 2.45) is 5.73 Å². The Balaban J connectivity index is 3.70. The average Bonchev–Trinajstić information content (AvgIpc) is 2.02. The number of nitrogens with two attached hydrogens (primary N) is 1. The van der Waals surface area contributed by atoms with Crippen LogP contribution in [0.5, 0.6) is 0 Å². The Morgan fingerprint density at radius 1 is 1.27 bits per heavy atom. The smallest absolute Gasteiger partial charge is 0.0189 e. The molecule has 0 fully saturated rings. The van der Waals surface area contributed by atoms with E-state index in [2.05, 4.69) is 32.7 Å². The fourth-order valence-electron chi connectivity index (χ4n) is 1.22. The second-order valence-electron chi connectivity index (χ2n) is 3.39. The minimum Gasteiger partial charge on any atom is -0.329 e. The van der Waals surface area contributed by atoms with Crippen molar-refractivity contribution in [3.63, 3.8) is 0 Å². The number of nitrogens with zero attached hydrogens (tertiary/aromatic N) is 1. The zero-order chi connectivity index (χ0) is 8.85. The van der Waals surface area contributed by atoms with E-state index >= 15 is 0 Å². The Hall–Kier alpha value is -0.0800. The molecule has 2 N–H and O–H groups in total. The molecule has 0 rings (SSSR count). The lowest BCUT2D eigenvalue weighted by Gasteiger charge is -2.29. The monoisotopic (exact) mass is 158 g/mol. The van der Waals surface area contributed by atoms with Crippen molar-refractivity contribution in [2.45, 2.75) is 45.7 Å². The molecule has 0 saturated carbocycles. The van der Waals surface area contributed by atoms with E-state index in [1.165, 1.54) is 12.8 Å². The Morgan fingerprint density at radius 3 is 2.18 bits per heavy atom. The third-order valence-electron chi connectivity index (χ3n) is 2.44. The fraction of sp³-hybridized carbons (Fsp3) is 1.00. The summed E-state index contributed by atoms with van der Waals surface area (Å²) in [6.07, 6.45) is 2.52. The summed E-state index contributed by atoms with van der Waals surface area (Å²) in [6, 6.07) is 1.18. The maximum atomic E-state index is 5.57. The van der Waals surface area contributed by atoms with Crippen molar-refractivity contribution >= 4 is 0 Å². The predicted molar refractivity (Wildman–Crippen MR) is 50.6 cm³/mol. The Bertz CT molecular complexity index is 93.6. The van der Waals surface area contributed by atoms with Crippen molar-refractivity contribution in [3.05, 3.63) is 0 Å². The molecule has 0 aromatic heterocycles. The highest BCUT2D eigenvalue weighted by atomic mass is 15.2. The zero-order valence-corrected chi connectivity index (χ0v) is 8.30. The molecule has 11 heavy (non-hydrogen) atoms. The molecule has 0 saturated heterocycles. The van der Waals surface area contributed by atoms with E-state index in [4.69, 9.17) is 5.73 Å². The molecule has 0 aromatic rings. The molecule has 0 heterocycles. The molecular formula is C9H22N2. The molecule has 0 spiro atoms. The van der Waals surface area contributed by atoms with Crippen molar-refractivity contribution in [1.29, 1.82) is 0 Å². The summed E-state index contributed by atoms with van der Waals surface area (Å²) in [5, 5.41) is 0. The number of rotatable bonds is 5. The summed E-state index contributed by atoms with van der Waals surface area (Å²) in [5.74, 6) is 0. The van der Waals surface area contributed by atoms with Gasteiger partial charge in [0.25, 0.3) is 0 Å². The van der Waals surface area contributed by atoms with Crippen molar-refractivity contribution in [1.82, 2.24) is 4.90 Å². The fourth-order valence-corrected chi connectivity index (χ4v) is 1.22. The molecular weight excluding hydrogens is 136 g/mol. The van der Waals surface area contributed by atoms with Crippen LogP contribution in [0.1, 0.15) is 33.6 Å². The normalized spacial score (nSPS) is 16.9. The summed E-state index contributed by atoms with van der Waals surface area (Å²) in [7, 11) is 2.15. The molecule has 0 radical (unpaired) electrons. The molecule has 2 atom stereocenters. The average molecular weight is 158 g/mol. The van der Waals surface area contributed by atoms with E-state index in [-0.39, 0.29) is 0 Å². The van der Waals surface area contributed by atoms with E-state index in [0.717, 1.165) is 6.54 Å². The van der Waals surface area contributed by atoms with E-state index in [0.29, 0.717) is 12.1 Å². The molecule has 0 aliphatic carbocycles. The summed E-state index contributed by atoms with van der Waals surface area (Å²) in [6.45, 7) is 7.41. The van der Waals surface area contributed by atoms with Crippen LogP contribution in [0.3, 0.4) is 0 Å². The van der Waals surface area contributed by atoms with E-state index in [1.54, 1.807) is 0 Å². The first-order chi connectivity index (χ1) is 5.13. The van der Waals surface area contributed by atoms with Crippen LogP contribution in [0.25, 0.3) is 0 Å². The van der Waals surface area contributed by atoms with Gasteiger partial charge < -0.3 is 5.73 Å². The van der Waals surface area contributed by atoms with Gasteiger partial charge in [-0.25, -0.2) is 0 Å². The second-order valence-corrected chi connectivity index (χ2v) is 3.39. The SMILES string of the molecule is CCC[C@H](C)N(C)C(C)CN. The van der Waals surface area contributed by atoms with Crippen LogP contribution in [0.4, 0.5) is 0 Å². The first-order valence-electron chi connectivity index (χ1n) is 4.55. The van der Waals surface area contributed by atoms with Crippen LogP contribution in [-0.4, -0.2) is 30.6 Å². The van der Waals surface area contributed by atoms with Crippen molar-refractivity contribution < 1.29 is 0 Å². The summed E-state index contributed by atoms with van der Waals surface area (Å²) < 4.78 is 0. The van der Waals surface area contributed by atoms with Crippen LogP contribution in [0, 0.1) is 0 Å². The van der Waals surface area contributed by atoms with Crippen LogP contribution < -0.4 is 5.73 Å². The maximum Gasteiger partial charge on any atom is 0.0189 e. The van der Waals surface area contributed by atoms with Gasteiger partial charge >= 0.3 is 0 Å². The van der Waals surface area contributed by atoms with Gasteiger partial charge in [0, 0.05) is 18.6 Å². The van der Waals surface area contributed by atoms with Crippen LogP contribution in [0.15, 0.2) is 0 Å². The molecule has 0 amide bonds. The molecule has 2 heteroatoms. The standard InChI is InChI=1S/C9H22N2/c1-5-6-8(2)11(4)9(3)7-10/h8-9H,5-7,10H2,1-4H3/t8-,9?/m0/s1. The van der Waals surface area contributed by atoms with Gasteiger partial charge in [0.2, 0.25) is 0 Å². The number of likely N-dealkylation sites (N-methyl/N-ethyl adjacent to an activating group) is 1. The topological polar surface area (TPSA) is 29.3 Å². The summed E-state index contributed by atoms with van der Waals surface area (Å²) >= 11 is 0. The number of hydrogen-bond acceptors (Lipinski definition) is 2. The second kappa shape index (κ2) is 5.56. The van der Waals surface area contributed by atoms with Gasteiger partial charge in [0.1, 0.15) is 0 Å². The lowest BCUT2D eigenvalue weighted by Crippen LogP contribution is -2.41. The van der Waals surface area contributed by atoms with Gasteiger partial charge in [-0.05, 0) is 27.3 Å². The first kappa shape index (κ1) is 10.9. The zero-order valence-electron chi connectivity index (χ0n) is 8.30. The molecule has 2 nitrogen and oxygen atoms in total. The Kier molecular flexibility index (Phi) is 5.51. The minimum absolute atomic E-state index is 0.511. The van der Waals surface area contributed by atoms with Crippen LogP contribution >= 0.6 is 0 Å². The lowest BCUT2D eigenvalue weighted by atomic mass is 10.1. The quantitative estimate of drug-likeness (QED) is 0.656. The van der Waals surface area contributed by atoms with Gasteiger partial charge in [-0.2, -0.15) is 0 Å². The highest BCUT2D eigenvalue weighted by molar-refractivity contribution is 4.69. The van der Waals surface area contributed by atoms with Gasteiger partial charge in [-0.3, -0.25) is 4.90 Å². The third-order valence-corrected chi connectivity index (χ3v) is 2.44. The highest BCUT2D eigenvalue weighted by Gasteiger charge is 2.12. The van der Waals surface area contributed by atoms with Crippen molar-refractivity contribution in [3.8, 4) is 0 Å². The Morgan fingerprint density at radius 2 is 1.82 bits per heavy atom. The van der Waals surface area contributed by atoms with E-state index < -0.39 is 0 Å². The largest absolute Gasteiger partial charge is 0.329 e. The van der Waals surface area contributed by atoms with E-state index in [1.807, 2.05) is 0 Å². The molecule has 1 unspecified atom stereocenters. The molecule has 0 aliphatic rings. The third kappa shape index (κ3) is 3.73. The predicted octanol–water partition coefficient (Wildman–Crippen LogP) is 1.45. The van der Waals surface area contributed by atoms with Gasteiger partial charge in [0.15, 0.2) is 0 Å².